The molecule has 0 aromatic carbocycles. The second-order valence-corrected chi connectivity index (χ2v) is 5.30. The third-order valence-electron chi connectivity index (χ3n) is 3.19. The minimum atomic E-state index is 0.547. The van der Waals surface area contributed by atoms with Crippen molar-refractivity contribution in [3.05, 3.63) is 0 Å². The van der Waals surface area contributed by atoms with Gasteiger partial charge in [-0.15, -0.1) is 0 Å². The van der Waals surface area contributed by atoms with Crippen molar-refractivity contribution in [3.63, 3.8) is 0 Å². The number of rotatable bonds is 3. The Kier molecular flexibility index (Phi) is 2.82. The van der Waals surface area contributed by atoms with Gasteiger partial charge in [-0.25, -0.2) is 0 Å². The maximum absolute atomic E-state index is 4.43. The second kappa shape index (κ2) is 3.91. The standard InChI is InChI=1S/C10H18N2S/c1-13-10(5-3-6-10)8-12-9-4-2-7-11-9/h2-8H2,1H3,(H,11,12). The molecule has 13 heavy (non-hydrogen) atoms. The van der Waals surface area contributed by atoms with Crippen molar-refractivity contribution >= 4 is 17.6 Å². The van der Waals surface area contributed by atoms with E-state index in [1.54, 1.807) is 0 Å². The van der Waals surface area contributed by atoms with Gasteiger partial charge in [-0.3, -0.25) is 4.99 Å². The minimum absolute atomic E-state index is 0.547. The highest BCUT2D eigenvalue weighted by molar-refractivity contribution is 8.00. The molecule has 3 heteroatoms. The molecule has 1 aliphatic carbocycles. The molecule has 2 nitrogen and oxygen atoms in total. The van der Waals surface area contributed by atoms with Crippen LogP contribution in [0.5, 0.6) is 0 Å². The lowest BCUT2D eigenvalue weighted by Crippen LogP contribution is -2.44. The van der Waals surface area contributed by atoms with E-state index in [4.69, 9.17) is 0 Å². The molecule has 0 bridgehead atoms. The van der Waals surface area contributed by atoms with E-state index >= 15 is 0 Å². The van der Waals surface area contributed by atoms with E-state index in [0.717, 1.165) is 13.1 Å². The smallest absolute Gasteiger partial charge is 0.0964 e. The fraction of sp³-hybridized carbons (Fsp3) is 0.900. The predicted molar refractivity (Wildman–Crippen MR) is 59.6 cm³/mol. The van der Waals surface area contributed by atoms with E-state index < -0.39 is 0 Å². The molecule has 74 valence electrons. The van der Waals surface area contributed by atoms with Crippen molar-refractivity contribution in [3.8, 4) is 0 Å². The maximum Gasteiger partial charge on any atom is 0.0964 e. The van der Waals surface area contributed by atoms with Gasteiger partial charge in [0.1, 0.15) is 0 Å². The molecule has 0 unspecified atom stereocenters. The molecule has 0 aromatic heterocycles. The normalized spacial score (nSPS) is 25.2. The number of hydrogen-bond acceptors (Lipinski definition) is 3. The van der Waals surface area contributed by atoms with E-state index in [1.807, 2.05) is 11.8 Å². The Labute approximate surface area is 84.6 Å². The van der Waals surface area contributed by atoms with Crippen LogP contribution in [0.4, 0.5) is 0 Å². The van der Waals surface area contributed by atoms with Gasteiger partial charge in [0.25, 0.3) is 0 Å². The number of thioether (sulfide) groups is 1. The number of aliphatic imine (C=N–C) groups is 1. The summed E-state index contributed by atoms with van der Waals surface area (Å²) in [4.78, 5) is 4.43. The summed E-state index contributed by atoms with van der Waals surface area (Å²) >= 11 is 2.02. The molecule has 0 spiro atoms. The van der Waals surface area contributed by atoms with Crippen molar-refractivity contribution in [2.24, 2.45) is 4.99 Å². The molecule has 1 N–H and O–H groups in total. The van der Waals surface area contributed by atoms with Gasteiger partial charge in [-0.1, -0.05) is 6.42 Å². The van der Waals surface area contributed by atoms with E-state index in [9.17, 15) is 0 Å². The summed E-state index contributed by atoms with van der Waals surface area (Å²) in [6.45, 7) is 2.17. The third kappa shape index (κ3) is 2.01. The Hall–Kier alpha value is -0.180. The summed E-state index contributed by atoms with van der Waals surface area (Å²) in [5, 5.41) is 3.50. The van der Waals surface area contributed by atoms with Crippen LogP contribution in [0.15, 0.2) is 4.99 Å². The highest BCUT2D eigenvalue weighted by Gasteiger charge is 2.36. The molecule has 2 aliphatic rings. The lowest BCUT2D eigenvalue weighted by molar-refractivity contribution is 0.361. The lowest BCUT2D eigenvalue weighted by Gasteiger charge is -2.40. The quantitative estimate of drug-likeness (QED) is 0.750. The van der Waals surface area contributed by atoms with Gasteiger partial charge in [0.15, 0.2) is 0 Å². The van der Waals surface area contributed by atoms with Crippen LogP contribution in [-0.4, -0.2) is 29.9 Å². The first kappa shape index (κ1) is 9.38. The fourth-order valence-corrected chi connectivity index (χ4v) is 2.88. The summed E-state index contributed by atoms with van der Waals surface area (Å²) in [6, 6.07) is 0. The highest BCUT2D eigenvalue weighted by atomic mass is 32.2. The average Bonchev–Trinajstić information content (AvgIpc) is 2.56. The first-order valence-corrected chi connectivity index (χ1v) is 6.39. The van der Waals surface area contributed by atoms with E-state index in [-0.39, 0.29) is 0 Å². The monoisotopic (exact) mass is 198 g/mol. The van der Waals surface area contributed by atoms with Gasteiger partial charge >= 0.3 is 0 Å². The first-order chi connectivity index (χ1) is 6.35. The Morgan fingerprint density at radius 1 is 1.46 bits per heavy atom. The Bertz CT molecular complexity index is 203. The van der Waals surface area contributed by atoms with Crippen LogP contribution in [-0.2, 0) is 0 Å². The molecule has 0 atom stereocenters. The second-order valence-electron chi connectivity index (χ2n) is 4.03. The zero-order valence-electron chi connectivity index (χ0n) is 8.31. The first-order valence-electron chi connectivity index (χ1n) is 5.17. The number of nitrogens with one attached hydrogen (secondary N) is 1. The molecule has 1 saturated carbocycles. The molecule has 1 aliphatic heterocycles. The van der Waals surface area contributed by atoms with Crippen molar-refractivity contribution in [1.82, 2.24) is 5.32 Å². The van der Waals surface area contributed by atoms with Gasteiger partial charge < -0.3 is 5.32 Å². The molecule has 0 aromatic rings. The SMILES string of the molecule is CSC1(CNC2=NCCC2)CCC1. The van der Waals surface area contributed by atoms with Crippen LogP contribution in [0, 0.1) is 0 Å². The molecule has 1 heterocycles. The summed E-state index contributed by atoms with van der Waals surface area (Å²) in [5.74, 6) is 1.25. The molecule has 1 fully saturated rings. The van der Waals surface area contributed by atoms with Gasteiger partial charge in [-0.05, 0) is 25.5 Å². The number of hydrogen-bond donors (Lipinski definition) is 1. The van der Waals surface area contributed by atoms with Crippen molar-refractivity contribution in [2.45, 2.75) is 36.9 Å². The number of nitrogens with zero attached hydrogens (tertiary/aromatic N) is 1. The molecule has 0 saturated heterocycles. The van der Waals surface area contributed by atoms with Crippen LogP contribution < -0.4 is 5.32 Å². The number of amidine groups is 1. The largest absolute Gasteiger partial charge is 0.372 e. The summed E-state index contributed by atoms with van der Waals surface area (Å²) in [7, 11) is 0. The van der Waals surface area contributed by atoms with Crippen molar-refractivity contribution < 1.29 is 0 Å². The zero-order chi connectivity index (χ0) is 9.15. The molecule has 2 rings (SSSR count). The van der Waals surface area contributed by atoms with E-state index in [0.29, 0.717) is 4.75 Å². The van der Waals surface area contributed by atoms with E-state index in [1.165, 1.54) is 37.9 Å². The van der Waals surface area contributed by atoms with Crippen LogP contribution in [0.1, 0.15) is 32.1 Å². The zero-order valence-corrected chi connectivity index (χ0v) is 9.12. The maximum atomic E-state index is 4.43. The molecular weight excluding hydrogens is 180 g/mol. The van der Waals surface area contributed by atoms with Crippen LogP contribution in [0.2, 0.25) is 0 Å². The van der Waals surface area contributed by atoms with E-state index in [2.05, 4.69) is 16.6 Å². The van der Waals surface area contributed by atoms with Crippen LogP contribution in [0.3, 0.4) is 0 Å². The minimum Gasteiger partial charge on any atom is -0.372 e. The van der Waals surface area contributed by atoms with Gasteiger partial charge in [-0.2, -0.15) is 11.8 Å². The average molecular weight is 198 g/mol. The fourth-order valence-electron chi connectivity index (χ4n) is 1.97. The van der Waals surface area contributed by atoms with Crippen LogP contribution in [0.25, 0.3) is 0 Å². The molecule has 0 amide bonds. The van der Waals surface area contributed by atoms with Gasteiger partial charge in [0, 0.05) is 24.3 Å². The topological polar surface area (TPSA) is 24.4 Å². The third-order valence-corrected chi connectivity index (χ3v) is 4.61. The summed E-state index contributed by atoms with van der Waals surface area (Å²) < 4.78 is 0.547. The van der Waals surface area contributed by atoms with Gasteiger partial charge in [0.2, 0.25) is 0 Å². The van der Waals surface area contributed by atoms with Crippen molar-refractivity contribution in [2.75, 3.05) is 19.3 Å². The van der Waals surface area contributed by atoms with Gasteiger partial charge in [0.05, 0.1) is 5.84 Å². The molecular formula is C10H18N2S. The predicted octanol–water partition coefficient (Wildman–Crippen LogP) is 2.05. The Morgan fingerprint density at radius 2 is 2.31 bits per heavy atom. The Morgan fingerprint density at radius 3 is 2.77 bits per heavy atom. The Balaban J connectivity index is 1.77. The van der Waals surface area contributed by atoms with Crippen molar-refractivity contribution in [1.29, 1.82) is 0 Å². The summed E-state index contributed by atoms with van der Waals surface area (Å²) in [6.07, 6.45) is 8.83. The van der Waals surface area contributed by atoms with Crippen LogP contribution >= 0.6 is 11.8 Å². The summed E-state index contributed by atoms with van der Waals surface area (Å²) in [5.41, 5.74) is 0. The highest BCUT2D eigenvalue weighted by Crippen LogP contribution is 2.42. The molecule has 0 radical (unpaired) electrons. The lowest BCUT2D eigenvalue weighted by atomic mass is 9.84.